The molecule has 0 fully saturated rings. The molecule has 4 heteroatoms. The van der Waals surface area contributed by atoms with Crippen molar-refractivity contribution in [2.24, 2.45) is 5.41 Å². The van der Waals surface area contributed by atoms with E-state index in [2.05, 4.69) is 15.9 Å². The Bertz CT molecular complexity index is 443. The third-order valence-electron chi connectivity index (χ3n) is 3.40. The van der Waals surface area contributed by atoms with Gasteiger partial charge >= 0.3 is 5.97 Å². The van der Waals surface area contributed by atoms with Crippen molar-refractivity contribution in [2.75, 3.05) is 13.2 Å². The number of hydrogen-bond acceptors (Lipinski definition) is 3. The Balaban J connectivity index is 2.30. The highest BCUT2D eigenvalue weighted by Gasteiger charge is 2.28. The molecule has 0 heterocycles. The molecule has 1 rings (SSSR count). The van der Waals surface area contributed by atoms with Crippen LogP contribution in [0.5, 0.6) is 5.75 Å². The lowest BCUT2D eigenvalue weighted by Gasteiger charge is -2.22. The number of carbonyl (C=O) groups is 1. The third-order valence-corrected chi connectivity index (χ3v) is 4.00. The van der Waals surface area contributed by atoms with Gasteiger partial charge in [0.05, 0.1) is 18.6 Å². The fourth-order valence-electron chi connectivity index (χ4n) is 2.03. The molecule has 0 N–H and O–H groups in total. The number of alkyl halides is 1. The molecule has 0 radical (unpaired) electrons. The molecular weight excluding hydrogens is 332 g/mol. The van der Waals surface area contributed by atoms with Crippen molar-refractivity contribution in [1.82, 2.24) is 0 Å². The lowest BCUT2D eigenvalue weighted by atomic mass is 9.87. The summed E-state index contributed by atoms with van der Waals surface area (Å²) < 4.78 is 10.9. The quantitative estimate of drug-likeness (QED) is 0.364. The van der Waals surface area contributed by atoms with Gasteiger partial charge in [-0.25, -0.2) is 0 Å². The average molecular weight is 357 g/mol. The molecule has 21 heavy (non-hydrogen) atoms. The predicted molar refractivity (Wildman–Crippen MR) is 88.8 cm³/mol. The first kappa shape index (κ1) is 18.0. The number of carbonyl (C=O) groups excluding carboxylic acids is 1. The Hall–Kier alpha value is -1.03. The Labute approximate surface area is 136 Å². The van der Waals surface area contributed by atoms with Crippen LogP contribution < -0.4 is 4.74 Å². The van der Waals surface area contributed by atoms with Crippen LogP contribution in [0.25, 0.3) is 0 Å². The first-order valence-electron chi connectivity index (χ1n) is 7.45. The monoisotopic (exact) mass is 356 g/mol. The number of halogens is 1. The van der Waals surface area contributed by atoms with E-state index in [9.17, 15) is 4.79 Å². The van der Waals surface area contributed by atoms with Crippen LogP contribution in [0.3, 0.4) is 0 Å². The minimum atomic E-state index is -0.413. The summed E-state index contributed by atoms with van der Waals surface area (Å²) >= 11 is 3.46. The van der Waals surface area contributed by atoms with E-state index < -0.39 is 5.41 Å². The van der Waals surface area contributed by atoms with Crippen molar-refractivity contribution >= 4 is 21.9 Å². The maximum atomic E-state index is 11.8. The van der Waals surface area contributed by atoms with E-state index in [1.807, 2.05) is 45.0 Å². The van der Waals surface area contributed by atoms with Crippen molar-refractivity contribution in [3.05, 3.63) is 29.8 Å². The van der Waals surface area contributed by atoms with Crippen LogP contribution in [0.2, 0.25) is 0 Å². The van der Waals surface area contributed by atoms with Gasteiger partial charge in [-0.05, 0) is 46.1 Å². The van der Waals surface area contributed by atoms with Crippen molar-refractivity contribution in [3.8, 4) is 5.75 Å². The summed E-state index contributed by atoms with van der Waals surface area (Å²) in [5, 5.41) is 0.791. The highest BCUT2D eigenvalue weighted by atomic mass is 79.9. The summed E-state index contributed by atoms with van der Waals surface area (Å²) in [7, 11) is 0. The predicted octanol–water partition coefficient (Wildman–Crippen LogP) is 4.72. The molecule has 0 saturated heterocycles. The van der Waals surface area contributed by atoms with Gasteiger partial charge in [-0.2, -0.15) is 0 Å². The second-order valence-electron chi connectivity index (χ2n) is 5.65. The second-order valence-corrected chi connectivity index (χ2v) is 6.21. The summed E-state index contributed by atoms with van der Waals surface area (Å²) in [5.74, 6) is 0.814. The molecule has 1 aromatic carbocycles. The van der Waals surface area contributed by atoms with E-state index >= 15 is 0 Å². The van der Waals surface area contributed by atoms with Crippen LogP contribution >= 0.6 is 15.9 Å². The van der Waals surface area contributed by atoms with Crippen molar-refractivity contribution < 1.29 is 14.3 Å². The Morgan fingerprint density at radius 1 is 1.24 bits per heavy atom. The zero-order chi connectivity index (χ0) is 15.7. The first-order chi connectivity index (χ1) is 10.0. The molecule has 0 aliphatic carbocycles. The molecule has 118 valence electrons. The number of benzene rings is 1. The number of hydrogen-bond donors (Lipinski definition) is 0. The summed E-state index contributed by atoms with van der Waals surface area (Å²) in [6.07, 6.45) is 2.69. The number of para-hydroxylation sites is 1. The zero-order valence-corrected chi connectivity index (χ0v) is 14.7. The molecule has 0 unspecified atom stereocenters. The van der Waals surface area contributed by atoms with E-state index in [1.165, 1.54) is 0 Å². The molecule has 0 aliphatic heterocycles. The average Bonchev–Trinajstić information content (AvgIpc) is 2.47. The third kappa shape index (κ3) is 6.08. The smallest absolute Gasteiger partial charge is 0.311 e. The van der Waals surface area contributed by atoms with Gasteiger partial charge < -0.3 is 9.47 Å². The van der Waals surface area contributed by atoms with E-state index in [0.29, 0.717) is 13.2 Å². The highest BCUT2D eigenvalue weighted by molar-refractivity contribution is 9.08. The van der Waals surface area contributed by atoms with Crippen LogP contribution in [0, 0.1) is 5.41 Å². The summed E-state index contributed by atoms with van der Waals surface area (Å²) in [6.45, 7) is 6.82. The van der Waals surface area contributed by atoms with E-state index in [1.54, 1.807) is 0 Å². The van der Waals surface area contributed by atoms with Gasteiger partial charge in [0.2, 0.25) is 0 Å². The zero-order valence-electron chi connectivity index (χ0n) is 13.2. The molecule has 0 saturated carbocycles. The molecule has 0 spiro atoms. The summed E-state index contributed by atoms with van der Waals surface area (Å²) in [5.41, 5.74) is 0.744. The normalized spacial score (nSPS) is 11.2. The molecule has 0 aliphatic rings. The Kier molecular flexibility index (Phi) is 7.79. The topological polar surface area (TPSA) is 35.5 Å². The van der Waals surface area contributed by atoms with Gasteiger partial charge in [0.1, 0.15) is 5.75 Å². The van der Waals surface area contributed by atoms with E-state index in [-0.39, 0.29) is 5.97 Å². The molecule has 0 atom stereocenters. The molecule has 0 bridgehead atoms. The van der Waals surface area contributed by atoms with Crippen LogP contribution in [0.15, 0.2) is 24.3 Å². The van der Waals surface area contributed by atoms with Gasteiger partial charge in [-0.3, -0.25) is 4.79 Å². The molecule has 1 aromatic rings. The van der Waals surface area contributed by atoms with Crippen LogP contribution in [0.1, 0.15) is 45.6 Å². The Morgan fingerprint density at radius 3 is 2.62 bits per heavy atom. The van der Waals surface area contributed by atoms with Crippen molar-refractivity contribution in [2.45, 2.75) is 45.4 Å². The maximum Gasteiger partial charge on any atom is 0.311 e. The molecule has 3 nitrogen and oxygen atoms in total. The van der Waals surface area contributed by atoms with Gasteiger partial charge in [-0.1, -0.05) is 34.1 Å². The van der Waals surface area contributed by atoms with E-state index in [4.69, 9.17) is 9.47 Å². The van der Waals surface area contributed by atoms with Crippen LogP contribution in [-0.2, 0) is 14.9 Å². The van der Waals surface area contributed by atoms with Gasteiger partial charge in [-0.15, -0.1) is 0 Å². The van der Waals surface area contributed by atoms with Gasteiger partial charge in [0.25, 0.3) is 0 Å². The van der Waals surface area contributed by atoms with Gasteiger partial charge in [0.15, 0.2) is 0 Å². The molecule has 0 aromatic heterocycles. The highest BCUT2D eigenvalue weighted by Crippen LogP contribution is 2.25. The standard InChI is InChI=1S/C17H25BrO3/c1-4-20-16(19)17(2,3)11-7-8-12-21-15-10-6-5-9-14(15)13-18/h5-6,9-10H,4,7-8,11-13H2,1-3H3. The van der Waals surface area contributed by atoms with Gasteiger partial charge in [0, 0.05) is 10.9 Å². The number of ether oxygens (including phenoxy) is 2. The Morgan fingerprint density at radius 2 is 1.95 bits per heavy atom. The largest absolute Gasteiger partial charge is 0.493 e. The minimum Gasteiger partial charge on any atom is -0.493 e. The number of unbranched alkanes of at least 4 members (excludes halogenated alkanes) is 1. The van der Waals surface area contributed by atoms with Crippen LogP contribution in [-0.4, -0.2) is 19.2 Å². The van der Waals surface area contributed by atoms with Crippen molar-refractivity contribution in [3.63, 3.8) is 0 Å². The maximum absolute atomic E-state index is 11.8. The second kappa shape index (κ2) is 9.08. The number of rotatable bonds is 9. The number of esters is 1. The van der Waals surface area contributed by atoms with Crippen LogP contribution in [0.4, 0.5) is 0 Å². The summed E-state index contributed by atoms with van der Waals surface area (Å²) in [6, 6.07) is 8.02. The lowest BCUT2D eigenvalue weighted by molar-refractivity contribution is -0.153. The SMILES string of the molecule is CCOC(=O)C(C)(C)CCCCOc1ccccc1CBr. The first-order valence-corrected chi connectivity index (χ1v) is 8.57. The minimum absolute atomic E-state index is 0.115. The molecule has 0 amide bonds. The lowest BCUT2D eigenvalue weighted by Crippen LogP contribution is -2.26. The van der Waals surface area contributed by atoms with E-state index in [0.717, 1.165) is 35.9 Å². The summed E-state index contributed by atoms with van der Waals surface area (Å²) in [4.78, 5) is 11.8. The van der Waals surface area contributed by atoms with Crippen molar-refractivity contribution in [1.29, 1.82) is 0 Å². The fraction of sp³-hybridized carbons (Fsp3) is 0.588. The molecular formula is C17H25BrO3. The fourth-order valence-corrected chi connectivity index (χ4v) is 2.50.